The van der Waals surface area contributed by atoms with Crippen molar-refractivity contribution >= 4 is 53.4 Å². The monoisotopic (exact) mass is 727 g/mol. The highest BCUT2D eigenvalue weighted by Gasteiger charge is 2.63. The fraction of sp³-hybridized carbons (Fsp3) is 0.324. The lowest BCUT2D eigenvalue weighted by molar-refractivity contribution is -0.197. The molecule has 3 saturated heterocycles. The third kappa shape index (κ3) is 6.20. The quantitative estimate of drug-likeness (QED) is 0.235. The maximum Gasteiger partial charge on any atom is 0.359 e. The molecule has 8 rings (SSSR count). The number of allylic oxidation sites excluding steroid dienone is 2. The zero-order valence-corrected chi connectivity index (χ0v) is 28.7. The summed E-state index contributed by atoms with van der Waals surface area (Å²) in [7, 11) is 0. The van der Waals surface area contributed by atoms with E-state index in [1.807, 2.05) is 12.2 Å². The number of rotatable bonds is 6. The summed E-state index contributed by atoms with van der Waals surface area (Å²) in [6.07, 6.45) is 7.59. The fourth-order valence-electron chi connectivity index (χ4n) is 7.06. The zero-order valence-electron chi connectivity index (χ0n) is 28.7. The number of hydrogen-bond acceptors (Lipinski definition) is 13. The van der Waals surface area contributed by atoms with Gasteiger partial charge in [-0.05, 0) is 51.2 Å². The van der Waals surface area contributed by atoms with Gasteiger partial charge < -0.3 is 19.2 Å². The van der Waals surface area contributed by atoms with Gasteiger partial charge >= 0.3 is 17.9 Å². The Labute approximate surface area is 301 Å². The van der Waals surface area contributed by atoms with Crippen molar-refractivity contribution in [3.8, 4) is 0 Å². The maximum absolute atomic E-state index is 12.1. The fourth-order valence-corrected chi connectivity index (χ4v) is 7.06. The molecule has 7 aliphatic rings. The lowest BCUT2D eigenvalue weighted by Crippen LogP contribution is -2.36. The molecule has 2 aliphatic carbocycles. The third-order valence-electron chi connectivity index (χ3n) is 9.62. The summed E-state index contributed by atoms with van der Waals surface area (Å²) >= 11 is 0. The second kappa shape index (κ2) is 13.7. The molecular weight excluding hydrogens is 694 g/mol. The SMILES string of the molecule is C=C(C)C(=O)ON1C(=O)C2C3C=CC(C3)C2C1=O.C=C(C)C(=O)ON1C(=O)C2C3C=CC(O3)C2C1=O.C=C(C)C(=O)ON1C(=O)c2ccccc2C1=O. The number of benzene rings is 1. The van der Waals surface area contributed by atoms with Crippen LogP contribution in [0.25, 0.3) is 0 Å². The first-order valence-electron chi connectivity index (χ1n) is 16.4. The number of hydrogen-bond donors (Lipinski definition) is 0. The Morgan fingerprint density at radius 2 is 0.906 bits per heavy atom. The largest absolute Gasteiger partial charge is 0.365 e. The minimum atomic E-state index is -0.806. The lowest BCUT2D eigenvalue weighted by Gasteiger charge is -2.15. The lowest BCUT2D eigenvalue weighted by atomic mass is 9.85. The average molecular weight is 728 g/mol. The number of nitrogens with zero attached hydrogens (tertiary/aromatic N) is 3. The zero-order chi connectivity index (χ0) is 38.6. The molecule has 4 fully saturated rings. The molecule has 6 amide bonds. The maximum atomic E-state index is 12.1. The van der Waals surface area contributed by atoms with Crippen molar-refractivity contribution in [3.05, 3.63) is 96.2 Å². The van der Waals surface area contributed by atoms with Crippen LogP contribution >= 0.6 is 0 Å². The van der Waals surface area contributed by atoms with Gasteiger partial charge in [0.1, 0.15) is 0 Å². The predicted molar refractivity (Wildman–Crippen MR) is 176 cm³/mol. The van der Waals surface area contributed by atoms with E-state index in [-0.39, 0.29) is 63.7 Å². The van der Waals surface area contributed by atoms with Crippen LogP contribution in [-0.4, -0.2) is 80.7 Å². The van der Waals surface area contributed by atoms with Gasteiger partial charge in [0.15, 0.2) is 0 Å². The molecule has 8 atom stereocenters. The summed E-state index contributed by atoms with van der Waals surface area (Å²) in [5.41, 5.74) is 0.861. The van der Waals surface area contributed by atoms with Crippen LogP contribution in [0.1, 0.15) is 47.9 Å². The number of imide groups is 3. The van der Waals surface area contributed by atoms with E-state index in [0.717, 1.165) is 6.42 Å². The van der Waals surface area contributed by atoms with Crippen LogP contribution < -0.4 is 0 Å². The Kier molecular flexibility index (Phi) is 9.42. The molecule has 0 spiro atoms. The molecule has 53 heavy (non-hydrogen) atoms. The van der Waals surface area contributed by atoms with Gasteiger partial charge in [-0.1, -0.05) is 61.2 Å². The van der Waals surface area contributed by atoms with E-state index in [4.69, 9.17) is 14.4 Å². The van der Waals surface area contributed by atoms with Crippen LogP contribution in [0.3, 0.4) is 0 Å². The number of carbonyl (C=O) groups is 9. The second-order valence-corrected chi connectivity index (χ2v) is 13.4. The Morgan fingerprint density at radius 3 is 1.26 bits per heavy atom. The van der Waals surface area contributed by atoms with Crippen molar-refractivity contribution in [2.45, 2.75) is 39.4 Å². The highest BCUT2D eigenvalue weighted by atomic mass is 16.7. The molecule has 274 valence electrons. The minimum Gasteiger partial charge on any atom is -0.365 e. The molecule has 1 aromatic carbocycles. The molecule has 1 aromatic rings. The average Bonchev–Trinajstić information content (AvgIpc) is 4.00. The van der Waals surface area contributed by atoms with Gasteiger partial charge in [-0.2, -0.15) is 0 Å². The van der Waals surface area contributed by atoms with Crippen molar-refractivity contribution in [3.63, 3.8) is 0 Å². The summed E-state index contributed by atoms with van der Waals surface area (Å²) < 4.78 is 5.44. The molecular formula is C37H33N3O13. The van der Waals surface area contributed by atoms with E-state index < -0.39 is 65.2 Å². The summed E-state index contributed by atoms with van der Waals surface area (Å²) in [5, 5.41) is 1.65. The van der Waals surface area contributed by atoms with Crippen LogP contribution in [0, 0.1) is 35.5 Å². The van der Waals surface area contributed by atoms with Crippen LogP contribution in [-0.2, 0) is 52.8 Å². The van der Waals surface area contributed by atoms with E-state index in [1.165, 1.54) is 32.9 Å². The molecule has 16 nitrogen and oxygen atoms in total. The van der Waals surface area contributed by atoms with Crippen molar-refractivity contribution in [2.75, 3.05) is 0 Å². The molecule has 8 unspecified atom stereocenters. The van der Waals surface area contributed by atoms with Crippen molar-refractivity contribution in [1.82, 2.24) is 15.2 Å². The van der Waals surface area contributed by atoms with E-state index in [1.54, 1.807) is 24.3 Å². The number of amides is 6. The van der Waals surface area contributed by atoms with E-state index in [2.05, 4.69) is 24.6 Å². The van der Waals surface area contributed by atoms with Gasteiger partial charge in [0.25, 0.3) is 35.4 Å². The van der Waals surface area contributed by atoms with Crippen molar-refractivity contribution < 1.29 is 62.4 Å². The second-order valence-electron chi connectivity index (χ2n) is 13.4. The van der Waals surface area contributed by atoms with Crippen LogP contribution in [0.2, 0.25) is 0 Å². The Morgan fingerprint density at radius 1 is 0.566 bits per heavy atom. The summed E-state index contributed by atoms with van der Waals surface area (Å²) in [5.74, 6) is -7.00. The Balaban J connectivity index is 0.000000136. The molecule has 0 N–H and O–H groups in total. The molecule has 4 bridgehead atoms. The van der Waals surface area contributed by atoms with Gasteiger partial charge in [-0.3, -0.25) is 28.8 Å². The normalized spacial score (nSPS) is 28.9. The molecule has 0 radical (unpaired) electrons. The Hall–Kier alpha value is -6.29. The van der Waals surface area contributed by atoms with E-state index in [0.29, 0.717) is 15.2 Å². The van der Waals surface area contributed by atoms with Crippen LogP contribution in [0.15, 0.2) is 85.0 Å². The summed E-state index contributed by atoms with van der Waals surface area (Å²) in [4.78, 5) is 120. The molecule has 5 aliphatic heterocycles. The van der Waals surface area contributed by atoms with Gasteiger partial charge in [0.2, 0.25) is 0 Å². The summed E-state index contributed by atoms with van der Waals surface area (Å²) in [6.45, 7) is 14.5. The molecule has 1 saturated carbocycles. The highest BCUT2D eigenvalue weighted by molar-refractivity contribution is 6.21. The van der Waals surface area contributed by atoms with Crippen LogP contribution in [0.5, 0.6) is 0 Å². The van der Waals surface area contributed by atoms with Crippen molar-refractivity contribution in [1.29, 1.82) is 0 Å². The topological polar surface area (TPSA) is 200 Å². The Bertz CT molecular complexity index is 1830. The van der Waals surface area contributed by atoms with Crippen molar-refractivity contribution in [2.24, 2.45) is 35.5 Å². The van der Waals surface area contributed by atoms with Gasteiger partial charge in [-0.15, -0.1) is 10.1 Å². The number of ether oxygens (including phenoxy) is 1. The smallest absolute Gasteiger partial charge is 0.359 e. The van der Waals surface area contributed by atoms with Gasteiger partial charge in [0.05, 0.1) is 47.0 Å². The first-order chi connectivity index (χ1) is 25.0. The predicted octanol–water partition coefficient (Wildman–Crippen LogP) is 2.10. The van der Waals surface area contributed by atoms with Crippen LogP contribution in [0.4, 0.5) is 0 Å². The number of hydroxylamine groups is 6. The molecule has 0 aromatic heterocycles. The molecule has 16 heteroatoms. The van der Waals surface area contributed by atoms with Gasteiger partial charge in [0, 0.05) is 16.7 Å². The molecule has 5 heterocycles. The number of carbonyl (C=O) groups excluding carboxylic acids is 9. The standard InChI is InChI=1S/C13H13NO4.C12H11NO5.C12H9NO4/c1-6(2)13(17)18-14-11(15)9-7-3-4-8(5-7)10(9)12(14)16;1-5(2)12(16)18-13-10(14)8-6-3-4-7(17-6)9(8)11(13)15;1-7(2)12(16)17-13-10(14)8-5-3-4-6-9(8)11(13)15/h3-4,7-10H,1,5H2,2H3;3-4,6-9H,1H2,2H3;3-6H,1H2,2H3. The van der Waals surface area contributed by atoms with E-state index >= 15 is 0 Å². The first-order valence-corrected chi connectivity index (χ1v) is 16.4. The van der Waals surface area contributed by atoms with E-state index in [9.17, 15) is 43.2 Å². The van der Waals surface area contributed by atoms with Gasteiger partial charge in [-0.25, -0.2) is 14.4 Å². The third-order valence-corrected chi connectivity index (χ3v) is 9.62. The highest BCUT2D eigenvalue weighted by Crippen LogP contribution is 2.52. The first kappa shape index (κ1) is 36.5. The summed E-state index contributed by atoms with van der Waals surface area (Å²) in [6, 6.07) is 6.27. The number of fused-ring (bicyclic) bond motifs is 11. The minimum absolute atomic E-state index is 0.113.